The summed E-state index contributed by atoms with van der Waals surface area (Å²) in [5, 5.41) is 12.1. The van der Waals surface area contributed by atoms with Gasteiger partial charge >= 0.3 is 0 Å². The molecule has 0 saturated carbocycles. The summed E-state index contributed by atoms with van der Waals surface area (Å²) >= 11 is 0. The van der Waals surface area contributed by atoms with E-state index in [9.17, 15) is 17.8 Å². The number of hydrogen-bond donors (Lipinski definition) is 3. The van der Waals surface area contributed by atoms with Crippen molar-refractivity contribution in [1.82, 2.24) is 10.8 Å². The van der Waals surface area contributed by atoms with E-state index in [1.165, 1.54) is 30.3 Å². The molecule has 1 aliphatic heterocycles. The van der Waals surface area contributed by atoms with Crippen LogP contribution in [0.4, 0.5) is 8.78 Å². The molecule has 1 heterocycles. The van der Waals surface area contributed by atoms with E-state index in [4.69, 9.17) is 5.21 Å². The molecule has 0 unspecified atom stereocenters. The first-order chi connectivity index (χ1) is 12.9. The molecule has 0 atom stereocenters. The lowest BCUT2D eigenvalue weighted by Gasteiger charge is -2.35. The van der Waals surface area contributed by atoms with Gasteiger partial charge in [-0.3, -0.25) is 19.5 Å². The van der Waals surface area contributed by atoms with E-state index in [1.54, 1.807) is 17.6 Å². The summed E-state index contributed by atoms with van der Waals surface area (Å²) in [6.07, 6.45) is 0.615. The minimum atomic E-state index is -1.05. The molecule has 5 nitrogen and oxygen atoms in total. The highest BCUT2D eigenvalue weighted by molar-refractivity contribution is 7.85. The van der Waals surface area contributed by atoms with E-state index in [0.717, 1.165) is 0 Å². The number of amides is 1. The summed E-state index contributed by atoms with van der Waals surface area (Å²) < 4.78 is 40.0. The Hall–Kier alpha value is -2.16. The highest BCUT2D eigenvalue weighted by atomic mass is 32.2. The molecule has 27 heavy (non-hydrogen) atoms. The molecule has 0 aromatic heterocycles. The van der Waals surface area contributed by atoms with Crippen LogP contribution in [0.25, 0.3) is 11.1 Å². The molecule has 0 aliphatic carbocycles. The normalized spacial score (nSPS) is 22.4. The lowest BCUT2D eigenvalue weighted by Crippen LogP contribution is -2.59. The number of rotatable bonds is 5. The molecule has 0 spiro atoms. The van der Waals surface area contributed by atoms with Crippen LogP contribution >= 0.6 is 0 Å². The van der Waals surface area contributed by atoms with Crippen LogP contribution in [-0.2, 0) is 22.1 Å². The minimum absolute atomic E-state index is 0.160. The Labute approximate surface area is 158 Å². The van der Waals surface area contributed by atoms with Gasteiger partial charge in [-0.25, -0.2) is 14.3 Å². The molecule has 0 radical (unpaired) electrons. The van der Waals surface area contributed by atoms with Crippen molar-refractivity contribution in [2.45, 2.75) is 24.9 Å². The lowest BCUT2D eigenvalue weighted by molar-refractivity contribution is -0.136. The summed E-state index contributed by atoms with van der Waals surface area (Å²) in [6.45, 7) is 0.175. The van der Waals surface area contributed by atoms with Gasteiger partial charge in [0, 0.05) is 40.0 Å². The summed E-state index contributed by atoms with van der Waals surface area (Å²) in [5.41, 5.74) is 1.52. The Bertz CT molecular complexity index is 866. The molecule has 1 amide bonds. The van der Waals surface area contributed by atoms with Crippen LogP contribution in [0.3, 0.4) is 0 Å². The van der Waals surface area contributed by atoms with Crippen LogP contribution in [-0.4, -0.2) is 32.4 Å². The molecular weight excluding hydrogens is 374 g/mol. The molecule has 2 aromatic rings. The van der Waals surface area contributed by atoms with Gasteiger partial charge in [-0.2, -0.15) is 0 Å². The largest absolute Gasteiger partial charge is 0.299 e. The zero-order chi connectivity index (χ0) is 19.4. The van der Waals surface area contributed by atoms with Gasteiger partial charge in [0.25, 0.3) is 5.91 Å². The first kappa shape index (κ1) is 19.6. The van der Waals surface area contributed by atoms with Crippen molar-refractivity contribution in [2.75, 3.05) is 11.5 Å². The third-order valence-corrected chi connectivity index (χ3v) is 6.20. The van der Waals surface area contributed by atoms with Gasteiger partial charge in [-0.1, -0.05) is 30.3 Å². The molecule has 2 aromatic carbocycles. The molecule has 1 aliphatic rings. The molecule has 1 fully saturated rings. The third-order valence-electron chi connectivity index (χ3n) is 4.88. The molecule has 1 saturated heterocycles. The molecule has 8 heteroatoms. The minimum Gasteiger partial charge on any atom is -0.299 e. The van der Waals surface area contributed by atoms with Crippen molar-refractivity contribution in [1.29, 1.82) is 0 Å². The Balaban J connectivity index is 1.77. The van der Waals surface area contributed by atoms with E-state index in [1.807, 2.05) is 0 Å². The third kappa shape index (κ3) is 4.23. The van der Waals surface area contributed by atoms with E-state index < -0.39 is 33.9 Å². The first-order valence-corrected chi connectivity index (χ1v) is 10.0. The smallest absolute Gasteiger partial charge is 0.263 e. The maximum atomic E-state index is 14.5. The number of carbonyl (C=O) groups is 1. The van der Waals surface area contributed by atoms with Crippen LogP contribution in [0.15, 0.2) is 42.5 Å². The van der Waals surface area contributed by atoms with Crippen LogP contribution < -0.4 is 10.8 Å². The maximum absolute atomic E-state index is 14.5. The first-order valence-electron chi connectivity index (χ1n) is 8.53. The Kier molecular flexibility index (Phi) is 5.98. The van der Waals surface area contributed by atoms with Crippen LogP contribution in [0, 0.1) is 11.6 Å². The highest BCUT2D eigenvalue weighted by Gasteiger charge is 2.40. The number of carbonyl (C=O) groups excluding carboxylic acids is 1. The van der Waals surface area contributed by atoms with Crippen molar-refractivity contribution in [3.05, 3.63) is 59.7 Å². The fourth-order valence-corrected chi connectivity index (χ4v) is 4.59. The number of halogens is 2. The van der Waals surface area contributed by atoms with Crippen molar-refractivity contribution >= 4 is 16.7 Å². The van der Waals surface area contributed by atoms with E-state index >= 15 is 0 Å². The van der Waals surface area contributed by atoms with Crippen molar-refractivity contribution in [3.63, 3.8) is 0 Å². The quantitative estimate of drug-likeness (QED) is 0.538. The second kappa shape index (κ2) is 8.24. The van der Waals surface area contributed by atoms with Crippen LogP contribution in [0.2, 0.25) is 0 Å². The highest BCUT2D eigenvalue weighted by Crippen LogP contribution is 2.27. The van der Waals surface area contributed by atoms with E-state index in [0.29, 0.717) is 29.9 Å². The van der Waals surface area contributed by atoms with E-state index in [-0.39, 0.29) is 17.7 Å². The van der Waals surface area contributed by atoms with Gasteiger partial charge in [0.1, 0.15) is 17.2 Å². The lowest BCUT2D eigenvalue weighted by atomic mass is 9.91. The van der Waals surface area contributed by atoms with Gasteiger partial charge in [0.15, 0.2) is 0 Å². The fraction of sp³-hybridized carbons (Fsp3) is 0.316. The van der Waals surface area contributed by atoms with Gasteiger partial charge in [0.2, 0.25) is 0 Å². The number of nitrogens with one attached hydrogen (secondary N) is 2. The Morgan fingerprint density at radius 2 is 1.74 bits per heavy atom. The van der Waals surface area contributed by atoms with Crippen molar-refractivity contribution < 1.29 is 23.0 Å². The second-order valence-corrected chi connectivity index (χ2v) is 8.21. The van der Waals surface area contributed by atoms with Gasteiger partial charge in [-0.15, -0.1) is 0 Å². The molecular formula is C19H20F2N2O3S. The number of hydroxylamine groups is 1. The SMILES string of the molecule is O=C(NO)C1(NCc2ccc(-c3ccccc3F)c(F)c2)CCS(=O)CC1. The maximum Gasteiger partial charge on any atom is 0.263 e. The number of hydrogen-bond acceptors (Lipinski definition) is 4. The van der Waals surface area contributed by atoms with Crippen molar-refractivity contribution in [2.24, 2.45) is 0 Å². The van der Waals surface area contributed by atoms with E-state index in [2.05, 4.69) is 5.32 Å². The van der Waals surface area contributed by atoms with Gasteiger partial charge in [-0.05, 0) is 30.5 Å². The Morgan fingerprint density at radius 3 is 2.37 bits per heavy atom. The average Bonchev–Trinajstić information content (AvgIpc) is 2.68. The summed E-state index contributed by atoms with van der Waals surface area (Å²) in [7, 11) is -0.981. The zero-order valence-corrected chi connectivity index (χ0v) is 15.3. The summed E-state index contributed by atoms with van der Waals surface area (Å²) in [4.78, 5) is 12.1. The predicted octanol–water partition coefficient (Wildman–Crippen LogP) is 2.51. The Morgan fingerprint density at radius 1 is 1.07 bits per heavy atom. The molecule has 3 rings (SSSR count). The van der Waals surface area contributed by atoms with Crippen LogP contribution in [0.1, 0.15) is 18.4 Å². The monoisotopic (exact) mass is 394 g/mol. The summed E-state index contributed by atoms with van der Waals surface area (Å²) in [6, 6.07) is 10.4. The van der Waals surface area contributed by atoms with Crippen LogP contribution in [0.5, 0.6) is 0 Å². The molecule has 0 bridgehead atoms. The second-order valence-electron chi connectivity index (χ2n) is 6.52. The predicted molar refractivity (Wildman–Crippen MR) is 98.4 cm³/mol. The average molecular weight is 394 g/mol. The molecule has 3 N–H and O–H groups in total. The number of benzene rings is 2. The van der Waals surface area contributed by atoms with Gasteiger partial charge < -0.3 is 0 Å². The van der Waals surface area contributed by atoms with Crippen molar-refractivity contribution in [3.8, 4) is 11.1 Å². The van der Waals surface area contributed by atoms with Gasteiger partial charge in [0.05, 0.1) is 0 Å². The topological polar surface area (TPSA) is 78.4 Å². The molecule has 144 valence electrons. The zero-order valence-electron chi connectivity index (χ0n) is 14.5. The summed E-state index contributed by atoms with van der Waals surface area (Å²) in [5.74, 6) is -0.967. The standard InChI is InChI=1S/C19H20F2N2O3S/c20-16-4-2-1-3-14(16)15-6-5-13(11-17(15)21)12-22-19(18(24)23-25)7-9-27(26)10-8-19/h1-6,11,22,25H,7-10,12H2,(H,23,24). The fourth-order valence-electron chi connectivity index (χ4n) is 3.23.